The van der Waals surface area contributed by atoms with Crippen molar-refractivity contribution >= 4 is 29.5 Å². The van der Waals surface area contributed by atoms with Gasteiger partial charge in [0.25, 0.3) is 0 Å². The quantitative estimate of drug-likeness (QED) is 0.672. The molecular weight excluding hydrogens is 378 g/mol. The molecule has 4 atom stereocenters. The highest BCUT2D eigenvalue weighted by molar-refractivity contribution is 6.01. The number of rotatable bonds is 7. The smallest absolute Gasteiger partial charge is 0.338 e. The number of benzene rings is 1. The summed E-state index contributed by atoms with van der Waals surface area (Å²) in [6.07, 6.45) is 2.41. The molecule has 0 heterocycles. The first-order valence-corrected chi connectivity index (χ1v) is 9.88. The predicted octanol–water partition coefficient (Wildman–Crippen LogP) is 2.73. The van der Waals surface area contributed by atoms with Crippen molar-refractivity contribution in [3.63, 3.8) is 0 Å². The zero-order valence-electron chi connectivity index (χ0n) is 16.5. The zero-order chi connectivity index (χ0) is 21.1. The van der Waals surface area contributed by atoms with Crippen LogP contribution in [0.2, 0.25) is 0 Å². The van der Waals surface area contributed by atoms with E-state index >= 15 is 0 Å². The molecule has 8 nitrogen and oxygen atoms in total. The van der Waals surface area contributed by atoms with Crippen LogP contribution in [0, 0.1) is 23.7 Å². The van der Waals surface area contributed by atoms with Gasteiger partial charge in [0.1, 0.15) is 0 Å². The molecule has 8 heteroatoms. The van der Waals surface area contributed by atoms with Crippen LogP contribution in [0.25, 0.3) is 0 Å². The van der Waals surface area contributed by atoms with Crippen LogP contribution < -0.4 is 5.32 Å². The van der Waals surface area contributed by atoms with E-state index in [1.165, 1.54) is 18.2 Å². The van der Waals surface area contributed by atoms with Crippen LogP contribution >= 0.6 is 0 Å². The summed E-state index contributed by atoms with van der Waals surface area (Å²) in [5.41, 5.74) is 0.446. The second-order valence-electron chi connectivity index (χ2n) is 7.45. The Morgan fingerprint density at radius 2 is 1.45 bits per heavy atom. The van der Waals surface area contributed by atoms with Gasteiger partial charge in [-0.3, -0.25) is 9.59 Å². The van der Waals surface area contributed by atoms with Crippen LogP contribution in [-0.4, -0.2) is 42.1 Å². The van der Waals surface area contributed by atoms with Crippen LogP contribution in [0.5, 0.6) is 0 Å². The van der Waals surface area contributed by atoms with Gasteiger partial charge >= 0.3 is 17.9 Å². The summed E-state index contributed by atoms with van der Waals surface area (Å²) in [5.74, 6) is -3.87. The van der Waals surface area contributed by atoms with Gasteiger partial charge in [0.15, 0.2) is 0 Å². The van der Waals surface area contributed by atoms with Gasteiger partial charge in [-0.1, -0.05) is 0 Å². The largest absolute Gasteiger partial charge is 0.481 e. The average molecular weight is 403 g/mol. The second-order valence-corrected chi connectivity index (χ2v) is 7.45. The van der Waals surface area contributed by atoms with Crippen LogP contribution in [0.15, 0.2) is 18.2 Å². The molecule has 3 rings (SSSR count). The Morgan fingerprint density at radius 1 is 0.931 bits per heavy atom. The van der Waals surface area contributed by atoms with Crippen molar-refractivity contribution in [1.29, 1.82) is 0 Å². The van der Waals surface area contributed by atoms with Gasteiger partial charge in [0.05, 0.1) is 36.2 Å². The zero-order valence-corrected chi connectivity index (χ0v) is 16.5. The molecule has 1 amide bonds. The van der Waals surface area contributed by atoms with Crippen molar-refractivity contribution in [3.8, 4) is 0 Å². The SMILES string of the molecule is CCOC(=O)c1cc(NC(=O)[C@H]2[C@@H]3CC[C@@H](C3)[C@@H]2C(=O)O)cc(C(=O)OCC)c1. The Balaban J connectivity index is 1.87. The second kappa shape index (κ2) is 8.63. The molecule has 2 aliphatic carbocycles. The molecule has 2 N–H and O–H groups in total. The van der Waals surface area contributed by atoms with E-state index in [2.05, 4.69) is 5.32 Å². The van der Waals surface area contributed by atoms with Gasteiger partial charge in [-0.2, -0.15) is 0 Å². The van der Waals surface area contributed by atoms with E-state index < -0.39 is 35.7 Å². The number of esters is 2. The molecule has 29 heavy (non-hydrogen) atoms. The molecule has 2 fully saturated rings. The molecule has 2 aliphatic rings. The molecule has 0 spiro atoms. The third-order valence-corrected chi connectivity index (χ3v) is 5.73. The number of aliphatic carboxylic acids is 1. The van der Waals surface area contributed by atoms with Crippen molar-refractivity contribution in [2.75, 3.05) is 18.5 Å². The van der Waals surface area contributed by atoms with Crippen LogP contribution in [0.1, 0.15) is 53.8 Å². The van der Waals surface area contributed by atoms with E-state index in [1.807, 2.05) is 0 Å². The molecule has 0 radical (unpaired) electrons. The van der Waals surface area contributed by atoms with Crippen LogP contribution in [0.3, 0.4) is 0 Å². The molecule has 1 aromatic rings. The van der Waals surface area contributed by atoms with Crippen molar-refractivity contribution in [1.82, 2.24) is 0 Å². The number of amides is 1. The third-order valence-electron chi connectivity index (χ3n) is 5.73. The molecule has 2 saturated carbocycles. The molecule has 0 saturated heterocycles. The monoisotopic (exact) mass is 403 g/mol. The number of nitrogens with one attached hydrogen (secondary N) is 1. The minimum absolute atomic E-state index is 0.0224. The number of carbonyl (C=O) groups is 4. The summed E-state index contributed by atoms with van der Waals surface area (Å²) in [6.45, 7) is 3.65. The summed E-state index contributed by atoms with van der Waals surface area (Å²) in [4.78, 5) is 48.9. The van der Waals surface area contributed by atoms with E-state index in [9.17, 15) is 24.3 Å². The average Bonchev–Trinajstić information content (AvgIpc) is 3.29. The summed E-state index contributed by atoms with van der Waals surface area (Å²) >= 11 is 0. The van der Waals surface area contributed by atoms with Crippen LogP contribution in [0.4, 0.5) is 5.69 Å². The number of fused-ring (bicyclic) bond motifs is 2. The summed E-state index contributed by atoms with van der Waals surface area (Å²) in [6, 6.07) is 4.19. The van der Waals surface area contributed by atoms with Crippen molar-refractivity contribution < 1.29 is 33.8 Å². The fourth-order valence-electron chi connectivity index (χ4n) is 4.61. The first kappa shape index (κ1) is 20.8. The van der Waals surface area contributed by atoms with Gasteiger partial charge in [0, 0.05) is 5.69 Å². The molecule has 0 aromatic heterocycles. The number of carbonyl (C=O) groups excluding carboxylic acids is 3. The predicted molar refractivity (Wildman–Crippen MR) is 102 cm³/mol. The Bertz CT molecular complexity index is 798. The van der Waals surface area contributed by atoms with Crippen molar-refractivity contribution in [2.24, 2.45) is 23.7 Å². The number of hydrogen-bond donors (Lipinski definition) is 2. The molecule has 2 bridgehead atoms. The fourth-order valence-corrected chi connectivity index (χ4v) is 4.61. The highest BCUT2D eigenvalue weighted by Gasteiger charge is 2.54. The van der Waals surface area contributed by atoms with Crippen LogP contribution in [-0.2, 0) is 19.1 Å². The number of anilines is 1. The Morgan fingerprint density at radius 3 is 1.93 bits per heavy atom. The summed E-state index contributed by atoms with van der Waals surface area (Å²) in [7, 11) is 0. The van der Waals surface area contributed by atoms with E-state index in [0.717, 1.165) is 19.3 Å². The first-order chi connectivity index (χ1) is 13.8. The van der Waals surface area contributed by atoms with E-state index in [1.54, 1.807) is 13.8 Å². The lowest BCUT2D eigenvalue weighted by molar-refractivity contribution is -0.148. The number of carboxylic acids is 1. The molecular formula is C21H25NO7. The number of carboxylic acid groups (broad SMARTS) is 1. The van der Waals surface area contributed by atoms with Gasteiger partial charge < -0.3 is 19.9 Å². The maximum Gasteiger partial charge on any atom is 0.338 e. The minimum Gasteiger partial charge on any atom is -0.481 e. The Kier molecular flexibility index (Phi) is 6.20. The highest BCUT2D eigenvalue weighted by Crippen LogP contribution is 2.52. The molecule has 1 aromatic carbocycles. The highest BCUT2D eigenvalue weighted by atomic mass is 16.5. The normalized spacial score (nSPS) is 24.8. The number of hydrogen-bond acceptors (Lipinski definition) is 6. The standard InChI is InChI=1S/C21H25NO7/c1-3-28-20(26)13-8-14(21(27)29-4-2)10-15(9-13)22-18(23)16-11-5-6-12(7-11)17(16)19(24)25/h8-12,16-17H,3-7H2,1-2H3,(H,22,23)(H,24,25)/t11-,12+,16+,17+/m1/s1. The molecule has 156 valence electrons. The van der Waals surface area contributed by atoms with E-state index in [4.69, 9.17) is 9.47 Å². The van der Waals surface area contributed by atoms with E-state index in [0.29, 0.717) is 0 Å². The lowest BCUT2D eigenvalue weighted by Crippen LogP contribution is -2.37. The minimum atomic E-state index is -0.954. The maximum absolute atomic E-state index is 12.9. The van der Waals surface area contributed by atoms with Gasteiger partial charge in [-0.25, -0.2) is 9.59 Å². The third kappa shape index (κ3) is 4.26. The topological polar surface area (TPSA) is 119 Å². The lowest BCUT2D eigenvalue weighted by Gasteiger charge is -2.27. The lowest BCUT2D eigenvalue weighted by atomic mass is 9.78. The van der Waals surface area contributed by atoms with E-state index in [-0.39, 0.29) is 41.9 Å². The molecule has 0 unspecified atom stereocenters. The van der Waals surface area contributed by atoms with Gasteiger partial charge in [-0.05, 0) is 63.1 Å². The Labute approximate surface area is 168 Å². The van der Waals surface area contributed by atoms with Gasteiger partial charge in [0.2, 0.25) is 5.91 Å². The van der Waals surface area contributed by atoms with Crippen molar-refractivity contribution in [2.45, 2.75) is 33.1 Å². The molecule has 0 aliphatic heterocycles. The fraction of sp³-hybridized carbons (Fsp3) is 0.524. The maximum atomic E-state index is 12.9. The van der Waals surface area contributed by atoms with Crippen molar-refractivity contribution in [3.05, 3.63) is 29.3 Å². The van der Waals surface area contributed by atoms with Gasteiger partial charge in [-0.15, -0.1) is 0 Å². The first-order valence-electron chi connectivity index (χ1n) is 9.88. The summed E-state index contributed by atoms with van der Waals surface area (Å²) in [5, 5.41) is 12.3. The summed E-state index contributed by atoms with van der Waals surface area (Å²) < 4.78 is 9.98. The number of ether oxygens (including phenoxy) is 2. The Hall–Kier alpha value is -2.90.